The Bertz CT molecular complexity index is 694. The summed E-state index contributed by atoms with van der Waals surface area (Å²) in [6, 6.07) is 9.19. The number of anilines is 1. The SMILES string of the molecule is CC(C(=O)Nc1cccc2ncccc12)N(C)CC(O)C1CC1. The van der Waals surface area contributed by atoms with Gasteiger partial charge in [-0.15, -0.1) is 0 Å². The summed E-state index contributed by atoms with van der Waals surface area (Å²) >= 11 is 0. The highest BCUT2D eigenvalue weighted by atomic mass is 16.3. The van der Waals surface area contributed by atoms with Crippen molar-refractivity contribution >= 4 is 22.5 Å². The Morgan fingerprint density at radius 2 is 2.17 bits per heavy atom. The van der Waals surface area contributed by atoms with Crippen LogP contribution < -0.4 is 5.32 Å². The number of amides is 1. The van der Waals surface area contributed by atoms with Crippen molar-refractivity contribution in [2.45, 2.75) is 31.9 Å². The number of benzene rings is 1. The molecule has 122 valence electrons. The van der Waals surface area contributed by atoms with Gasteiger partial charge in [0, 0.05) is 18.1 Å². The number of likely N-dealkylation sites (N-methyl/N-ethyl adjacent to an activating group) is 1. The molecule has 1 aromatic heterocycles. The third-order valence-electron chi connectivity index (χ3n) is 4.59. The zero-order chi connectivity index (χ0) is 16.4. The van der Waals surface area contributed by atoms with Crippen LogP contribution in [-0.2, 0) is 4.79 Å². The zero-order valence-corrected chi connectivity index (χ0v) is 13.6. The van der Waals surface area contributed by atoms with E-state index in [1.807, 2.05) is 49.2 Å². The smallest absolute Gasteiger partial charge is 0.241 e. The van der Waals surface area contributed by atoms with Crippen LogP contribution in [0.15, 0.2) is 36.5 Å². The molecule has 1 aromatic carbocycles. The Morgan fingerprint density at radius 3 is 2.91 bits per heavy atom. The Balaban J connectivity index is 1.67. The molecule has 1 saturated carbocycles. The van der Waals surface area contributed by atoms with Gasteiger partial charge in [-0.05, 0) is 57.0 Å². The van der Waals surface area contributed by atoms with Crippen LogP contribution in [-0.4, -0.2) is 46.6 Å². The Morgan fingerprint density at radius 1 is 1.39 bits per heavy atom. The van der Waals surface area contributed by atoms with Gasteiger partial charge in [-0.25, -0.2) is 0 Å². The van der Waals surface area contributed by atoms with Crippen LogP contribution in [0.25, 0.3) is 10.9 Å². The Kier molecular flexibility index (Phi) is 4.59. The predicted octanol–water partition coefficient (Wildman–Crippen LogP) is 2.26. The van der Waals surface area contributed by atoms with Crippen LogP contribution in [0.3, 0.4) is 0 Å². The van der Waals surface area contributed by atoms with Crippen LogP contribution in [0.4, 0.5) is 5.69 Å². The number of aromatic nitrogens is 1. The molecule has 1 heterocycles. The summed E-state index contributed by atoms with van der Waals surface area (Å²) in [7, 11) is 1.88. The van der Waals surface area contributed by atoms with Crippen LogP contribution in [0.2, 0.25) is 0 Å². The highest BCUT2D eigenvalue weighted by Gasteiger charge is 2.31. The molecule has 2 unspecified atom stereocenters. The molecule has 2 aromatic rings. The van der Waals surface area contributed by atoms with Crippen molar-refractivity contribution in [1.29, 1.82) is 0 Å². The number of aliphatic hydroxyl groups excluding tert-OH is 1. The lowest BCUT2D eigenvalue weighted by Gasteiger charge is -2.26. The molecule has 0 aliphatic heterocycles. The topological polar surface area (TPSA) is 65.5 Å². The average Bonchev–Trinajstić information content (AvgIpc) is 3.39. The van der Waals surface area contributed by atoms with Crippen molar-refractivity contribution in [2.24, 2.45) is 5.92 Å². The van der Waals surface area contributed by atoms with E-state index in [0.717, 1.165) is 29.4 Å². The summed E-state index contributed by atoms with van der Waals surface area (Å²) < 4.78 is 0. The zero-order valence-electron chi connectivity index (χ0n) is 13.6. The highest BCUT2D eigenvalue weighted by molar-refractivity contribution is 6.02. The van der Waals surface area contributed by atoms with Gasteiger partial charge in [0.1, 0.15) is 0 Å². The fraction of sp³-hybridized carbons (Fsp3) is 0.444. The fourth-order valence-corrected chi connectivity index (χ4v) is 2.73. The summed E-state index contributed by atoms with van der Waals surface area (Å²) in [5.74, 6) is 0.337. The van der Waals surface area contributed by atoms with Crippen molar-refractivity contribution in [3.63, 3.8) is 0 Å². The van der Waals surface area contributed by atoms with Crippen molar-refractivity contribution in [1.82, 2.24) is 9.88 Å². The number of fused-ring (bicyclic) bond motifs is 1. The van der Waals surface area contributed by atoms with E-state index in [1.54, 1.807) is 6.20 Å². The lowest BCUT2D eigenvalue weighted by Crippen LogP contribution is -2.43. The lowest BCUT2D eigenvalue weighted by atomic mass is 10.1. The van der Waals surface area contributed by atoms with E-state index in [-0.39, 0.29) is 18.1 Å². The van der Waals surface area contributed by atoms with E-state index >= 15 is 0 Å². The molecule has 1 fully saturated rings. The number of hydrogen-bond donors (Lipinski definition) is 2. The molecule has 1 aliphatic rings. The molecule has 5 nitrogen and oxygen atoms in total. The standard InChI is InChI=1S/C18H23N3O2/c1-12(21(2)11-17(22)13-8-9-13)18(23)20-16-7-3-6-15-14(16)5-4-10-19-15/h3-7,10,12-13,17,22H,8-9,11H2,1-2H3,(H,20,23). The van der Waals surface area contributed by atoms with Crippen LogP contribution in [0, 0.1) is 5.92 Å². The molecule has 2 N–H and O–H groups in total. The van der Waals surface area contributed by atoms with E-state index in [0.29, 0.717) is 12.5 Å². The molecule has 1 amide bonds. The molecular formula is C18H23N3O2. The van der Waals surface area contributed by atoms with Gasteiger partial charge in [0.2, 0.25) is 5.91 Å². The third kappa shape index (κ3) is 3.68. The van der Waals surface area contributed by atoms with Gasteiger partial charge in [0.25, 0.3) is 0 Å². The minimum absolute atomic E-state index is 0.0770. The first-order valence-corrected chi connectivity index (χ1v) is 8.09. The van der Waals surface area contributed by atoms with Gasteiger partial charge in [-0.1, -0.05) is 6.07 Å². The normalized spacial score (nSPS) is 17.2. The van der Waals surface area contributed by atoms with Gasteiger partial charge in [0.15, 0.2) is 0 Å². The number of aliphatic hydroxyl groups is 1. The summed E-state index contributed by atoms with van der Waals surface area (Å²) in [6.45, 7) is 2.38. The van der Waals surface area contributed by atoms with Crippen molar-refractivity contribution < 1.29 is 9.90 Å². The van der Waals surface area contributed by atoms with Crippen molar-refractivity contribution in [2.75, 3.05) is 18.9 Å². The van der Waals surface area contributed by atoms with Gasteiger partial charge >= 0.3 is 0 Å². The molecule has 0 bridgehead atoms. The first kappa shape index (κ1) is 15.9. The van der Waals surface area contributed by atoms with E-state index in [4.69, 9.17) is 0 Å². The minimum Gasteiger partial charge on any atom is -0.392 e. The summed E-state index contributed by atoms with van der Waals surface area (Å²) in [6.07, 6.45) is 3.60. The van der Waals surface area contributed by atoms with Gasteiger partial charge in [-0.3, -0.25) is 14.7 Å². The molecule has 0 spiro atoms. The minimum atomic E-state index is -0.336. The first-order valence-electron chi connectivity index (χ1n) is 8.09. The number of carbonyl (C=O) groups is 1. The second-order valence-electron chi connectivity index (χ2n) is 6.39. The maximum absolute atomic E-state index is 12.5. The number of rotatable bonds is 6. The summed E-state index contributed by atoms with van der Waals surface area (Å²) in [4.78, 5) is 18.7. The number of nitrogens with zero attached hydrogens (tertiary/aromatic N) is 2. The largest absolute Gasteiger partial charge is 0.392 e. The molecule has 5 heteroatoms. The number of hydrogen-bond acceptors (Lipinski definition) is 4. The first-order chi connectivity index (χ1) is 11.1. The second kappa shape index (κ2) is 6.64. The van der Waals surface area contributed by atoms with E-state index < -0.39 is 0 Å². The third-order valence-corrected chi connectivity index (χ3v) is 4.59. The molecular weight excluding hydrogens is 290 g/mol. The fourth-order valence-electron chi connectivity index (χ4n) is 2.73. The van der Waals surface area contributed by atoms with Gasteiger partial charge < -0.3 is 10.4 Å². The molecule has 2 atom stereocenters. The molecule has 0 radical (unpaired) electrons. The van der Waals surface area contributed by atoms with Gasteiger partial charge in [-0.2, -0.15) is 0 Å². The molecule has 3 rings (SSSR count). The highest BCUT2D eigenvalue weighted by Crippen LogP contribution is 2.33. The Labute approximate surface area is 136 Å². The maximum atomic E-state index is 12.5. The van der Waals surface area contributed by atoms with Crippen molar-refractivity contribution in [3.05, 3.63) is 36.5 Å². The van der Waals surface area contributed by atoms with Crippen LogP contribution in [0.5, 0.6) is 0 Å². The van der Waals surface area contributed by atoms with E-state index in [9.17, 15) is 9.90 Å². The van der Waals surface area contributed by atoms with Gasteiger partial charge in [0.05, 0.1) is 23.3 Å². The quantitative estimate of drug-likeness (QED) is 0.858. The number of pyridine rings is 1. The van der Waals surface area contributed by atoms with Crippen LogP contribution in [0.1, 0.15) is 19.8 Å². The number of nitrogens with one attached hydrogen (secondary N) is 1. The molecule has 1 aliphatic carbocycles. The molecule has 23 heavy (non-hydrogen) atoms. The monoisotopic (exact) mass is 313 g/mol. The Hall–Kier alpha value is -1.98. The summed E-state index contributed by atoms with van der Waals surface area (Å²) in [5, 5.41) is 13.9. The summed E-state index contributed by atoms with van der Waals surface area (Å²) in [5.41, 5.74) is 1.62. The maximum Gasteiger partial charge on any atom is 0.241 e. The number of carbonyl (C=O) groups excluding carboxylic acids is 1. The van der Waals surface area contributed by atoms with Crippen LogP contribution >= 0.6 is 0 Å². The van der Waals surface area contributed by atoms with E-state index in [1.165, 1.54) is 0 Å². The van der Waals surface area contributed by atoms with Crippen molar-refractivity contribution in [3.8, 4) is 0 Å². The molecule has 0 saturated heterocycles. The van der Waals surface area contributed by atoms with E-state index in [2.05, 4.69) is 10.3 Å². The predicted molar refractivity (Wildman–Crippen MR) is 91.2 cm³/mol. The lowest BCUT2D eigenvalue weighted by molar-refractivity contribution is -0.120. The average molecular weight is 313 g/mol. The second-order valence-corrected chi connectivity index (χ2v) is 6.39.